The molecule has 0 aliphatic heterocycles. The number of carbonyl (C=O) groups is 1. The van der Waals surface area contributed by atoms with Gasteiger partial charge in [0.15, 0.2) is 5.13 Å². The number of hydrogen-bond donors (Lipinski definition) is 2. The topological polar surface area (TPSA) is 93.8 Å². The van der Waals surface area contributed by atoms with Crippen LogP contribution in [0.3, 0.4) is 0 Å². The number of nitrogens with zero attached hydrogens (tertiary/aromatic N) is 3. The van der Waals surface area contributed by atoms with Crippen LogP contribution in [0.2, 0.25) is 0 Å². The summed E-state index contributed by atoms with van der Waals surface area (Å²) < 4.78 is 0. The number of rotatable bonds is 3. The fraction of sp³-hybridized carbons (Fsp3) is 0.273. The molecule has 2 heterocycles. The number of amides is 1. The van der Waals surface area contributed by atoms with Gasteiger partial charge in [0.1, 0.15) is 11.5 Å². The molecule has 0 atom stereocenters. The van der Waals surface area contributed by atoms with Crippen molar-refractivity contribution >= 4 is 28.2 Å². The molecule has 2 aromatic heterocycles. The molecule has 0 aliphatic rings. The first kappa shape index (κ1) is 12.4. The SMILES string of the molecule is CC(C)c1csc(NC(=O)c2cncc(N)n2)n1. The van der Waals surface area contributed by atoms with Crippen LogP contribution in [0.5, 0.6) is 0 Å². The van der Waals surface area contributed by atoms with Gasteiger partial charge in [-0.3, -0.25) is 15.1 Å². The van der Waals surface area contributed by atoms with Crippen molar-refractivity contribution < 1.29 is 4.79 Å². The molecule has 7 heteroatoms. The second-order valence-electron chi connectivity index (χ2n) is 4.02. The van der Waals surface area contributed by atoms with Gasteiger partial charge in [-0.1, -0.05) is 13.8 Å². The van der Waals surface area contributed by atoms with Crippen LogP contribution in [-0.4, -0.2) is 20.9 Å². The molecule has 0 aromatic carbocycles. The third-order valence-electron chi connectivity index (χ3n) is 2.22. The van der Waals surface area contributed by atoms with E-state index in [1.807, 2.05) is 19.2 Å². The van der Waals surface area contributed by atoms with Gasteiger partial charge in [-0.05, 0) is 5.92 Å². The van der Waals surface area contributed by atoms with E-state index in [4.69, 9.17) is 5.73 Å². The lowest BCUT2D eigenvalue weighted by Crippen LogP contribution is -2.14. The van der Waals surface area contributed by atoms with Crippen molar-refractivity contribution in [1.82, 2.24) is 15.0 Å². The van der Waals surface area contributed by atoms with Crippen molar-refractivity contribution in [3.8, 4) is 0 Å². The Morgan fingerprint density at radius 3 is 2.78 bits per heavy atom. The molecule has 0 radical (unpaired) electrons. The van der Waals surface area contributed by atoms with Gasteiger partial charge in [-0.2, -0.15) is 0 Å². The molecule has 94 valence electrons. The summed E-state index contributed by atoms with van der Waals surface area (Å²) in [4.78, 5) is 23.9. The Balaban J connectivity index is 2.11. The number of aromatic nitrogens is 3. The average Bonchev–Trinajstić information content (AvgIpc) is 2.77. The Hall–Kier alpha value is -2.02. The van der Waals surface area contributed by atoms with E-state index in [-0.39, 0.29) is 17.4 Å². The standard InChI is InChI=1S/C11H13N5OS/c1-6(2)8-5-18-11(15-8)16-10(17)7-3-13-4-9(12)14-7/h3-6H,1-2H3,(H2,12,14)(H,15,16,17). The minimum absolute atomic E-state index is 0.177. The molecule has 2 aromatic rings. The maximum Gasteiger partial charge on any atom is 0.277 e. The summed E-state index contributed by atoms with van der Waals surface area (Å²) in [6.45, 7) is 4.09. The molecule has 0 fully saturated rings. The molecule has 0 spiro atoms. The van der Waals surface area contributed by atoms with Gasteiger partial charge >= 0.3 is 0 Å². The van der Waals surface area contributed by atoms with Crippen molar-refractivity contribution in [3.63, 3.8) is 0 Å². The van der Waals surface area contributed by atoms with Crippen LogP contribution >= 0.6 is 11.3 Å². The van der Waals surface area contributed by atoms with Gasteiger partial charge in [0.25, 0.3) is 5.91 Å². The van der Waals surface area contributed by atoms with Gasteiger partial charge in [0, 0.05) is 5.38 Å². The fourth-order valence-corrected chi connectivity index (χ4v) is 2.13. The second-order valence-corrected chi connectivity index (χ2v) is 4.87. The predicted molar refractivity (Wildman–Crippen MR) is 70.6 cm³/mol. The lowest BCUT2D eigenvalue weighted by molar-refractivity contribution is 0.102. The molecule has 0 unspecified atom stereocenters. The van der Waals surface area contributed by atoms with E-state index in [1.54, 1.807) is 0 Å². The zero-order valence-corrected chi connectivity index (χ0v) is 10.9. The van der Waals surface area contributed by atoms with Crippen LogP contribution in [0, 0.1) is 0 Å². The van der Waals surface area contributed by atoms with E-state index >= 15 is 0 Å². The predicted octanol–water partition coefficient (Wildman–Crippen LogP) is 1.89. The molecule has 0 saturated heterocycles. The molecule has 6 nitrogen and oxygen atoms in total. The maximum atomic E-state index is 11.8. The van der Waals surface area contributed by atoms with Crippen LogP contribution in [-0.2, 0) is 0 Å². The first-order valence-electron chi connectivity index (χ1n) is 5.40. The molecule has 1 amide bonds. The van der Waals surface area contributed by atoms with Crippen LogP contribution in [0.25, 0.3) is 0 Å². The van der Waals surface area contributed by atoms with E-state index in [9.17, 15) is 4.79 Å². The third kappa shape index (κ3) is 2.80. The number of nitrogen functional groups attached to an aromatic ring is 1. The van der Waals surface area contributed by atoms with Crippen LogP contribution in [0.1, 0.15) is 35.9 Å². The van der Waals surface area contributed by atoms with Gasteiger partial charge in [0.2, 0.25) is 0 Å². The Labute approximate surface area is 108 Å². The van der Waals surface area contributed by atoms with Gasteiger partial charge in [-0.25, -0.2) is 9.97 Å². The minimum Gasteiger partial charge on any atom is -0.382 e. The van der Waals surface area contributed by atoms with E-state index in [1.165, 1.54) is 23.7 Å². The Morgan fingerprint density at radius 1 is 1.39 bits per heavy atom. The Morgan fingerprint density at radius 2 is 2.17 bits per heavy atom. The van der Waals surface area contributed by atoms with E-state index < -0.39 is 0 Å². The average molecular weight is 263 g/mol. The molecule has 3 N–H and O–H groups in total. The normalized spacial score (nSPS) is 10.6. The van der Waals surface area contributed by atoms with Gasteiger partial charge < -0.3 is 5.73 Å². The van der Waals surface area contributed by atoms with Crippen LogP contribution < -0.4 is 11.1 Å². The summed E-state index contributed by atoms with van der Waals surface area (Å²) in [6, 6.07) is 0. The monoisotopic (exact) mass is 263 g/mol. The largest absolute Gasteiger partial charge is 0.382 e. The number of anilines is 2. The number of thiazole rings is 1. The quantitative estimate of drug-likeness (QED) is 0.882. The fourth-order valence-electron chi connectivity index (χ4n) is 1.26. The van der Waals surface area contributed by atoms with Crippen molar-refractivity contribution in [1.29, 1.82) is 0 Å². The lowest BCUT2D eigenvalue weighted by atomic mass is 10.2. The van der Waals surface area contributed by atoms with Crippen molar-refractivity contribution in [2.24, 2.45) is 0 Å². The van der Waals surface area contributed by atoms with Gasteiger partial charge in [-0.15, -0.1) is 11.3 Å². The van der Waals surface area contributed by atoms with Crippen LogP contribution in [0.15, 0.2) is 17.8 Å². The molecule has 0 saturated carbocycles. The summed E-state index contributed by atoms with van der Waals surface area (Å²) in [5.74, 6) is 0.183. The lowest BCUT2D eigenvalue weighted by Gasteiger charge is -2.01. The first-order valence-corrected chi connectivity index (χ1v) is 6.28. The summed E-state index contributed by atoms with van der Waals surface area (Å²) in [5.41, 5.74) is 6.60. The number of hydrogen-bond acceptors (Lipinski definition) is 6. The molecular formula is C11H13N5OS. The van der Waals surface area contributed by atoms with Gasteiger partial charge in [0.05, 0.1) is 18.1 Å². The van der Waals surface area contributed by atoms with Crippen molar-refractivity contribution in [2.75, 3.05) is 11.1 Å². The summed E-state index contributed by atoms with van der Waals surface area (Å²) in [5, 5.41) is 5.14. The number of nitrogens with one attached hydrogen (secondary N) is 1. The van der Waals surface area contributed by atoms with E-state index in [2.05, 4.69) is 20.3 Å². The third-order valence-corrected chi connectivity index (χ3v) is 3.00. The van der Waals surface area contributed by atoms with Crippen molar-refractivity contribution in [3.05, 3.63) is 29.2 Å². The number of carbonyl (C=O) groups excluding carboxylic acids is 1. The first-order chi connectivity index (χ1) is 8.56. The second kappa shape index (κ2) is 5.09. The van der Waals surface area contributed by atoms with E-state index in [0.717, 1.165) is 5.69 Å². The molecular weight excluding hydrogens is 250 g/mol. The minimum atomic E-state index is -0.362. The van der Waals surface area contributed by atoms with E-state index in [0.29, 0.717) is 11.0 Å². The zero-order chi connectivity index (χ0) is 13.1. The molecule has 18 heavy (non-hydrogen) atoms. The molecule has 0 bridgehead atoms. The maximum absolute atomic E-state index is 11.8. The molecule has 0 aliphatic carbocycles. The highest BCUT2D eigenvalue weighted by molar-refractivity contribution is 7.14. The van der Waals surface area contributed by atoms with Crippen molar-refractivity contribution in [2.45, 2.75) is 19.8 Å². The summed E-state index contributed by atoms with van der Waals surface area (Å²) in [6.07, 6.45) is 2.75. The zero-order valence-electron chi connectivity index (χ0n) is 10.0. The highest BCUT2D eigenvalue weighted by Crippen LogP contribution is 2.21. The van der Waals surface area contributed by atoms with Crippen LogP contribution in [0.4, 0.5) is 10.9 Å². The Kier molecular flexibility index (Phi) is 3.52. The smallest absolute Gasteiger partial charge is 0.277 e. The highest BCUT2D eigenvalue weighted by atomic mass is 32.1. The summed E-state index contributed by atoms with van der Waals surface area (Å²) in [7, 11) is 0. The Bertz CT molecular complexity index is 566. The number of nitrogens with two attached hydrogens (primary N) is 1. The summed E-state index contributed by atoms with van der Waals surface area (Å²) >= 11 is 1.38. The highest BCUT2D eigenvalue weighted by Gasteiger charge is 2.12. The molecule has 2 rings (SSSR count).